The predicted molar refractivity (Wildman–Crippen MR) is 73.9 cm³/mol. The van der Waals surface area contributed by atoms with Crippen molar-refractivity contribution in [2.24, 2.45) is 5.73 Å². The lowest BCUT2D eigenvalue weighted by molar-refractivity contribution is 0.296. The molecule has 2 N–H and O–H groups in total. The van der Waals surface area contributed by atoms with Crippen molar-refractivity contribution < 1.29 is 4.52 Å². The van der Waals surface area contributed by atoms with E-state index in [1.54, 1.807) is 0 Å². The van der Waals surface area contributed by atoms with Crippen molar-refractivity contribution in [3.63, 3.8) is 0 Å². The first-order chi connectivity index (χ1) is 9.33. The van der Waals surface area contributed by atoms with Crippen LogP contribution in [0.2, 0.25) is 0 Å². The number of hydrogen-bond donors (Lipinski definition) is 1. The molecule has 106 valence electrons. The third-order valence-electron chi connectivity index (χ3n) is 4.74. The Balaban J connectivity index is 1.68. The first-order valence-corrected chi connectivity index (χ1v) is 7.92. The monoisotopic (exact) mass is 263 g/mol. The van der Waals surface area contributed by atoms with Crippen LogP contribution in [-0.2, 0) is 0 Å². The Labute approximate surface area is 115 Å². The zero-order valence-corrected chi connectivity index (χ0v) is 11.7. The fraction of sp³-hybridized carbons (Fsp3) is 0.867. The average molecular weight is 263 g/mol. The molecule has 2 aliphatic carbocycles. The fourth-order valence-corrected chi connectivity index (χ4v) is 3.57. The topological polar surface area (TPSA) is 64.9 Å². The molecule has 0 bridgehead atoms. The molecule has 2 aliphatic rings. The summed E-state index contributed by atoms with van der Waals surface area (Å²) in [4.78, 5) is 4.70. The molecule has 2 fully saturated rings. The highest BCUT2D eigenvalue weighted by Gasteiger charge is 2.27. The molecule has 1 aromatic rings. The van der Waals surface area contributed by atoms with E-state index in [0.29, 0.717) is 17.9 Å². The van der Waals surface area contributed by atoms with Crippen molar-refractivity contribution in [2.75, 3.05) is 0 Å². The summed E-state index contributed by atoms with van der Waals surface area (Å²) in [6.45, 7) is 0. The van der Waals surface area contributed by atoms with Gasteiger partial charge in [-0.2, -0.15) is 4.98 Å². The van der Waals surface area contributed by atoms with Crippen molar-refractivity contribution in [1.82, 2.24) is 10.1 Å². The van der Waals surface area contributed by atoms with Crippen LogP contribution in [0.15, 0.2) is 4.52 Å². The molecule has 0 radical (unpaired) electrons. The molecule has 4 nitrogen and oxygen atoms in total. The first-order valence-electron chi connectivity index (χ1n) is 7.92. The predicted octanol–water partition coefficient (Wildman–Crippen LogP) is 3.49. The van der Waals surface area contributed by atoms with E-state index in [-0.39, 0.29) is 0 Å². The van der Waals surface area contributed by atoms with E-state index >= 15 is 0 Å². The Morgan fingerprint density at radius 1 is 0.895 bits per heavy atom. The Kier molecular flexibility index (Phi) is 4.16. The second-order valence-electron chi connectivity index (χ2n) is 6.30. The molecule has 0 spiro atoms. The quantitative estimate of drug-likeness (QED) is 0.829. The maximum absolute atomic E-state index is 6.04. The Morgan fingerprint density at radius 3 is 2.37 bits per heavy atom. The summed E-state index contributed by atoms with van der Waals surface area (Å²) in [6, 6.07) is 0.312. The standard InChI is InChI=1S/C15H25N3O/c16-13-9-5-8-12(10-13)15-17-14(18-19-15)11-6-3-1-2-4-7-11/h11-13H,1-10,16H2/t12-,13-/m1/s1. The molecule has 0 aliphatic heterocycles. The summed E-state index contributed by atoms with van der Waals surface area (Å²) >= 11 is 0. The number of rotatable bonds is 2. The molecule has 0 saturated heterocycles. The van der Waals surface area contributed by atoms with Gasteiger partial charge < -0.3 is 10.3 Å². The van der Waals surface area contributed by atoms with Gasteiger partial charge in [-0.25, -0.2) is 0 Å². The van der Waals surface area contributed by atoms with Gasteiger partial charge in [0.25, 0.3) is 0 Å². The zero-order valence-electron chi connectivity index (χ0n) is 11.7. The highest BCUT2D eigenvalue weighted by Crippen LogP contribution is 2.34. The average Bonchev–Trinajstić information content (AvgIpc) is 2.75. The molecule has 4 heteroatoms. The normalized spacial score (nSPS) is 30.2. The lowest BCUT2D eigenvalue weighted by atomic mass is 9.86. The van der Waals surface area contributed by atoms with Crippen LogP contribution < -0.4 is 5.73 Å². The second-order valence-corrected chi connectivity index (χ2v) is 6.30. The molecular weight excluding hydrogens is 238 g/mol. The van der Waals surface area contributed by atoms with Crippen molar-refractivity contribution in [3.8, 4) is 0 Å². The van der Waals surface area contributed by atoms with E-state index in [9.17, 15) is 0 Å². The molecule has 2 atom stereocenters. The van der Waals surface area contributed by atoms with Gasteiger partial charge in [0, 0.05) is 17.9 Å². The summed E-state index contributed by atoms with van der Waals surface area (Å²) in [5, 5.41) is 4.25. The third kappa shape index (κ3) is 3.16. The fourth-order valence-electron chi connectivity index (χ4n) is 3.57. The van der Waals surface area contributed by atoms with Gasteiger partial charge in [0.15, 0.2) is 5.82 Å². The number of nitrogens with two attached hydrogens (primary N) is 1. The van der Waals surface area contributed by atoms with Crippen molar-refractivity contribution in [2.45, 2.75) is 82.1 Å². The van der Waals surface area contributed by atoms with Crippen LogP contribution in [0.4, 0.5) is 0 Å². The van der Waals surface area contributed by atoms with Crippen LogP contribution in [0.5, 0.6) is 0 Å². The first kappa shape index (κ1) is 13.1. The minimum atomic E-state index is 0.312. The van der Waals surface area contributed by atoms with Gasteiger partial charge in [0.1, 0.15) is 0 Å². The zero-order chi connectivity index (χ0) is 13.1. The van der Waals surface area contributed by atoms with E-state index in [1.807, 2.05) is 0 Å². The molecule has 0 aromatic carbocycles. The van der Waals surface area contributed by atoms with E-state index in [4.69, 9.17) is 15.2 Å². The number of aromatic nitrogens is 2. The van der Waals surface area contributed by atoms with E-state index in [0.717, 1.165) is 31.0 Å². The largest absolute Gasteiger partial charge is 0.339 e. The molecule has 2 saturated carbocycles. The Morgan fingerprint density at radius 2 is 1.63 bits per heavy atom. The SMILES string of the molecule is N[C@@H]1CCC[C@@H](c2nc(C3CCCCCC3)no2)C1. The maximum atomic E-state index is 6.04. The smallest absolute Gasteiger partial charge is 0.229 e. The Bertz CT molecular complexity index is 379. The molecule has 19 heavy (non-hydrogen) atoms. The molecular formula is C15H25N3O. The van der Waals surface area contributed by atoms with E-state index < -0.39 is 0 Å². The second kappa shape index (κ2) is 6.04. The van der Waals surface area contributed by atoms with E-state index in [2.05, 4.69) is 5.16 Å². The highest BCUT2D eigenvalue weighted by molar-refractivity contribution is 5.01. The molecule has 0 amide bonds. The van der Waals surface area contributed by atoms with Gasteiger partial charge in [-0.05, 0) is 32.1 Å². The minimum Gasteiger partial charge on any atom is -0.339 e. The van der Waals surface area contributed by atoms with Crippen LogP contribution in [-0.4, -0.2) is 16.2 Å². The molecule has 1 aromatic heterocycles. The van der Waals surface area contributed by atoms with Crippen molar-refractivity contribution >= 4 is 0 Å². The molecule has 1 heterocycles. The van der Waals surface area contributed by atoms with Crippen molar-refractivity contribution in [1.29, 1.82) is 0 Å². The summed E-state index contributed by atoms with van der Waals surface area (Å²) < 4.78 is 5.53. The maximum Gasteiger partial charge on any atom is 0.229 e. The lowest BCUT2D eigenvalue weighted by Crippen LogP contribution is -2.27. The lowest BCUT2D eigenvalue weighted by Gasteiger charge is -2.23. The third-order valence-corrected chi connectivity index (χ3v) is 4.74. The van der Waals surface area contributed by atoms with E-state index in [1.165, 1.54) is 44.9 Å². The van der Waals surface area contributed by atoms with Crippen LogP contribution in [0.1, 0.15) is 87.8 Å². The van der Waals surface area contributed by atoms with Crippen molar-refractivity contribution in [3.05, 3.63) is 11.7 Å². The summed E-state index contributed by atoms with van der Waals surface area (Å²) in [6.07, 6.45) is 12.3. The summed E-state index contributed by atoms with van der Waals surface area (Å²) in [7, 11) is 0. The van der Waals surface area contributed by atoms with Gasteiger partial charge in [0.2, 0.25) is 5.89 Å². The van der Waals surface area contributed by atoms with Crippen LogP contribution in [0.3, 0.4) is 0 Å². The van der Waals surface area contributed by atoms with Gasteiger partial charge in [-0.1, -0.05) is 37.3 Å². The van der Waals surface area contributed by atoms with Gasteiger partial charge in [-0.3, -0.25) is 0 Å². The van der Waals surface area contributed by atoms with Gasteiger partial charge in [0.05, 0.1) is 0 Å². The summed E-state index contributed by atoms with van der Waals surface area (Å²) in [5.41, 5.74) is 6.04. The minimum absolute atomic E-state index is 0.312. The number of nitrogens with zero attached hydrogens (tertiary/aromatic N) is 2. The number of hydrogen-bond acceptors (Lipinski definition) is 4. The van der Waals surface area contributed by atoms with Gasteiger partial charge in [-0.15, -0.1) is 0 Å². The summed E-state index contributed by atoms with van der Waals surface area (Å²) in [5.74, 6) is 2.72. The van der Waals surface area contributed by atoms with Gasteiger partial charge >= 0.3 is 0 Å². The molecule has 0 unspecified atom stereocenters. The van der Waals surface area contributed by atoms with Crippen LogP contribution >= 0.6 is 0 Å². The van der Waals surface area contributed by atoms with Crippen LogP contribution in [0, 0.1) is 0 Å². The van der Waals surface area contributed by atoms with Crippen LogP contribution in [0.25, 0.3) is 0 Å². The molecule has 3 rings (SSSR count). The Hall–Kier alpha value is -0.900. The highest BCUT2D eigenvalue weighted by atomic mass is 16.5.